The van der Waals surface area contributed by atoms with Crippen molar-refractivity contribution in [2.24, 2.45) is 5.92 Å². The van der Waals surface area contributed by atoms with Gasteiger partial charge in [0.2, 0.25) is 0 Å². The zero-order chi connectivity index (χ0) is 17.3. The lowest BCUT2D eigenvalue weighted by Gasteiger charge is -2.44. The van der Waals surface area contributed by atoms with Crippen molar-refractivity contribution in [1.82, 2.24) is 4.90 Å². The molecule has 3 aliphatic rings. The van der Waals surface area contributed by atoms with Crippen LogP contribution in [0.4, 0.5) is 0 Å². The second-order valence-electron chi connectivity index (χ2n) is 7.76. The van der Waals surface area contributed by atoms with Crippen LogP contribution < -0.4 is 0 Å². The highest BCUT2D eigenvalue weighted by molar-refractivity contribution is 7.10. The van der Waals surface area contributed by atoms with Gasteiger partial charge in [0.15, 0.2) is 0 Å². The number of ether oxygens (including phenoxy) is 1. The van der Waals surface area contributed by atoms with E-state index in [2.05, 4.69) is 11.0 Å². The number of carbonyl (C=O) groups is 1. The fourth-order valence-corrected chi connectivity index (χ4v) is 5.97. The van der Waals surface area contributed by atoms with Crippen LogP contribution in [0.3, 0.4) is 0 Å². The zero-order valence-corrected chi connectivity index (χ0v) is 15.5. The number of rotatable bonds is 2. The molecule has 4 nitrogen and oxygen atoms in total. The summed E-state index contributed by atoms with van der Waals surface area (Å²) in [4.78, 5) is 16.4. The molecule has 1 aliphatic carbocycles. The number of nitrogens with zero attached hydrogens (tertiary/aromatic N) is 2. The summed E-state index contributed by atoms with van der Waals surface area (Å²) in [5.74, 6) is 0.879. The summed E-state index contributed by atoms with van der Waals surface area (Å²) in [5.41, 5.74) is 0.323. The van der Waals surface area contributed by atoms with Gasteiger partial charge in [-0.15, -0.1) is 11.3 Å². The molecule has 0 bridgehead atoms. The van der Waals surface area contributed by atoms with Gasteiger partial charge in [0, 0.05) is 36.1 Å². The van der Waals surface area contributed by atoms with Crippen molar-refractivity contribution in [3.05, 3.63) is 21.9 Å². The Hall–Kier alpha value is -1.38. The summed E-state index contributed by atoms with van der Waals surface area (Å²) in [7, 11) is 0. The summed E-state index contributed by atoms with van der Waals surface area (Å²) in [6.45, 7) is 2.15. The average Bonchev–Trinajstić information content (AvgIpc) is 3.18. The van der Waals surface area contributed by atoms with Crippen molar-refractivity contribution in [2.75, 3.05) is 19.8 Å². The van der Waals surface area contributed by atoms with Crippen LogP contribution in [0.5, 0.6) is 0 Å². The number of hydrogen-bond acceptors (Lipinski definition) is 4. The third kappa shape index (κ3) is 3.11. The summed E-state index contributed by atoms with van der Waals surface area (Å²) < 4.78 is 5.44. The van der Waals surface area contributed by atoms with Gasteiger partial charge in [-0.25, -0.2) is 0 Å². The molecule has 0 aromatic carbocycles. The highest BCUT2D eigenvalue weighted by Gasteiger charge is 2.39. The lowest BCUT2D eigenvalue weighted by atomic mass is 9.78. The monoisotopic (exact) mass is 358 g/mol. The number of fused-ring (bicyclic) bond motifs is 1. The van der Waals surface area contributed by atoms with Gasteiger partial charge in [-0.3, -0.25) is 4.79 Å². The summed E-state index contributed by atoms with van der Waals surface area (Å²) in [6, 6.07) is 4.95. The van der Waals surface area contributed by atoms with Crippen LogP contribution in [0.25, 0.3) is 0 Å². The standard InChI is InChI=1S/C20H26N2O2S/c21-14-20(7-10-24-11-8-20)18-12-16(13-25-18)19(23)22-9-3-5-15-4-1-2-6-17(15)22/h12-13,15,17H,1-11H2. The number of thiophene rings is 1. The van der Waals surface area contributed by atoms with Gasteiger partial charge in [0.25, 0.3) is 5.91 Å². The van der Waals surface area contributed by atoms with E-state index in [1.54, 1.807) is 11.3 Å². The highest BCUT2D eigenvalue weighted by Crippen LogP contribution is 2.39. The summed E-state index contributed by atoms with van der Waals surface area (Å²) in [6.07, 6.45) is 8.87. The molecule has 3 fully saturated rings. The molecule has 4 rings (SSSR count). The largest absolute Gasteiger partial charge is 0.381 e. The Bertz CT molecular complexity index is 669. The van der Waals surface area contributed by atoms with E-state index in [1.165, 1.54) is 25.7 Å². The maximum atomic E-state index is 13.2. The molecule has 5 heteroatoms. The second-order valence-corrected chi connectivity index (χ2v) is 8.67. The Morgan fingerprint density at radius 1 is 1.24 bits per heavy atom. The van der Waals surface area contributed by atoms with E-state index in [-0.39, 0.29) is 5.91 Å². The van der Waals surface area contributed by atoms with Crippen molar-refractivity contribution in [1.29, 1.82) is 5.26 Å². The Morgan fingerprint density at radius 3 is 2.80 bits per heavy atom. The van der Waals surface area contributed by atoms with Crippen LogP contribution in [-0.2, 0) is 10.2 Å². The number of amides is 1. The van der Waals surface area contributed by atoms with E-state index in [9.17, 15) is 10.1 Å². The van der Waals surface area contributed by atoms with Crippen LogP contribution in [0.2, 0.25) is 0 Å². The highest BCUT2D eigenvalue weighted by atomic mass is 32.1. The van der Waals surface area contributed by atoms with E-state index in [0.29, 0.717) is 25.2 Å². The van der Waals surface area contributed by atoms with Gasteiger partial charge in [-0.2, -0.15) is 5.26 Å². The molecule has 1 amide bonds. The van der Waals surface area contributed by atoms with Crippen molar-refractivity contribution < 1.29 is 9.53 Å². The van der Waals surface area contributed by atoms with E-state index < -0.39 is 5.41 Å². The van der Waals surface area contributed by atoms with E-state index >= 15 is 0 Å². The number of hydrogen-bond donors (Lipinski definition) is 0. The smallest absolute Gasteiger partial charge is 0.254 e. The molecule has 1 aromatic rings. The molecule has 2 saturated heterocycles. The first-order chi connectivity index (χ1) is 12.2. The molecule has 0 N–H and O–H groups in total. The van der Waals surface area contributed by atoms with Crippen LogP contribution in [0.1, 0.15) is 66.6 Å². The van der Waals surface area contributed by atoms with Crippen molar-refractivity contribution >= 4 is 17.2 Å². The first kappa shape index (κ1) is 17.1. The molecule has 3 heterocycles. The topological polar surface area (TPSA) is 53.3 Å². The first-order valence-electron chi connectivity index (χ1n) is 9.62. The maximum absolute atomic E-state index is 13.2. The Kier molecular flexibility index (Phi) is 4.84. The van der Waals surface area contributed by atoms with Crippen LogP contribution >= 0.6 is 11.3 Å². The summed E-state index contributed by atoms with van der Waals surface area (Å²) >= 11 is 1.58. The van der Waals surface area contributed by atoms with Gasteiger partial charge < -0.3 is 9.64 Å². The molecule has 2 atom stereocenters. The quantitative estimate of drug-likeness (QED) is 0.799. The Labute approximate surface area is 153 Å². The molecule has 0 radical (unpaired) electrons. The fourth-order valence-electron chi connectivity index (χ4n) is 4.88. The maximum Gasteiger partial charge on any atom is 0.254 e. The molecule has 2 unspecified atom stereocenters. The van der Waals surface area contributed by atoms with Gasteiger partial charge in [0.1, 0.15) is 0 Å². The molecule has 25 heavy (non-hydrogen) atoms. The third-order valence-corrected chi connectivity index (χ3v) is 7.52. The number of likely N-dealkylation sites (tertiary alicyclic amines) is 1. The van der Waals surface area contributed by atoms with Gasteiger partial charge in [-0.1, -0.05) is 12.8 Å². The predicted molar refractivity (Wildman–Crippen MR) is 97.7 cm³/mol. The molecule has 1 aromatic heterocycles. The average molecular weight is 359 g/mol. The second kappa shape index (κ2) is 7.09. The minimum Gasteiger partial charge on any atom is -0.381 e. The fraction of sp³-hybridized carbons (Fsp3) is 0.700. The minimum atomic E-state index is -0.462. The molecular formula is C20H26N2O2S. The van der Waals surface area contributed by atoms with E-state index in [4.69, 9.17) is 4.74 Å². The molecule has 134 valence electrons. The molecule has 2 aliphatic heterocycles. The van der Waals surface area contributed by atoms with E-state index in [1.807, 2.05) is 11.4 Å². The SMILES string of the molecule is N#CC1(c2cc(C(=O)N3CCCC4CCCCC43)cs2)CCOCC1. The first-order valence-corrected chi connectivity index (χ1v) is 10.5. The number of carbonyl (C=O) groups excluding carboxylic acids is 1. The van der Waals surface area contributed by atoms with Crippen LogP contribution in [0, 0.1) is 17.2 Å². The van der Waals surface area contributed by atoms with Gasteiger partial charge >= 0.3 is 0 Å². The van der Waals surface area contributed by atoms with Crippen LogP contribution in [0.15, 0.2) is 11.4 Å². The van der Waals surface area contributed by atoms with Gasteiger partial charge in [-0.05, 0) is 50.5 Å². The van der Waals surface area contributed by atoms with Crippen LogP contribution in [-0.4, -0.2) is 36.6 Å². The lowest BCUT2D eigenvalue weighted by molar-refractivity contribution is 0.0391. The molecule has 1 saturated carbocycles. The Morgan fingerprint density at radius 2 is 2.00 bits per heavy atom. The van der Waals surface area contributed by atoms with Crippen molar-refractivity contribution in [3.8, 4) is 6.07 Å². The summed E-state index contributed by atoms with van der Waals surface area (Å²) in [5, 5.41) is 11.7. The zero-order valence-electron chi connectivity index (χ0n) is 14.7. The number of nitriles is 1. The van der Waals surface area contributed by atoms with Crippen molar-refractivity contribution in [2.45, 2.75) is 62.8 Å². The normalized spacial score (nSPS) is 28.8. The number of piperidine rings is 1. The minimum absolute atomic E-state index is 0.180. The predicted octanol–water partition coefficient (Wildman–Crippen LogP) is 4.11. The van der Waals surface area contributed by atoms with Gasteiger partial charge in [0.05, 0.1) is 17.0 Å². The Balaban J connectivity index is 1.55. The van der Waals surface area contributed by atoms with Crippen molar-refractivity contribution in [3.63, 3.8) is 0 Å². The molecule has 0 spiro atoms. The molecular weight excluding hydrogens is 332 g/mol. The lowest BCUT2D eigenvalue weighted by Crippen LogP contribution is -2.49. The van der Waals surface area contributed by atoms with E-state index in [0.717, 1.165) is 42.7 Å². The third-order valence-electron chi connectivity index (χ3n) is 6.38.